The Hall–Kier alpha value is -2.85. The third kappa shape index (κ3) is 3.39. The molecule has 0 saturated heterocycles. The van der Waals surface area contributed by atoms with Crippen molar-refractivity contribution >= 4 is 27.5 Å². The molecule has 0 spiro atoms. The van der Waals surface area contributed by atoms with Crippen molar-refractivity contribution in [3.8, 4) is 0 Å². The van der Waals surface area contributed by atoms with Gasteiger partial charge in [-0.1, -0.05) is 0 Å². The summed E-state index contributed by atoms with van der Waals surface area (Å²) in [4.78, 5) is 32.6. The number of carbonyl (C=O) groups is 2. The molecule has 0 saturated carbocycles. The summed E-state index contributed by atoms with van der Waals surface area (Å²) >= 11 is 0. The smallest absolute Gasteiger partial charge is 0.286 e. The molecule has 0 atom stereocenters. The third-order valence-electron chi connectivity index (χ3n) is 3.38. The number of anilines is 1. The lowest BCUT2D eigenvalue weighted by molar-refractivity contribution is -0.116. The number of amides is 2. The average molecular weight is 347 g/mol. The molecule has 9 nitrogen and oxygen atoms in total. The predicted molar refractivity (Wildman–Crippen MR) is 83.2 cm³/mol. The lowest BCUT2D eigenvalue weighted by Gasteiger charge is -2.17. The van der Waals surface area contributed by atoms with E-state index < -0.39 is 15.9 Å². The van der Waals surface area contributed by atoms with E-state index in [-0.39, 0.29) is 16.5 Å². The molecule has 0 aliphatic carbocycles. The number of rotatable bonds is 4. The van der Waals surface area contributed by atoms with Gasteiger partial charge in [-0.2, -0.15) is 0 Å². The minimum absolute atomic E-state index is 0.0168. The van der Waals surface area contributed by atoms with Crippen LogP contribution in [0.5, 0.6) is 0 Å². The number of carbonyl (C=O) groups excluding carboxylic acids is 2. The Kier molecular flexibility index (Phi) is 4.23. The van der Waals surface area contributed by atoms with Gasteiger partial charge < -0.3 is 5.32 Å². The van der Waals surface area contributed by atoms with Crippen LogP contribution in [0.3, 0.4) is 0 Å². The Morgan fingerprint density at radius 2 is 2.04 bits per heavy atom. The number of aromatic nitrogens is 2. The molecule has 3 N–H and O–H groups in total. The van der Waals surface area contributed by atoms with Crippen LogP contribution in [-0.2, 0) is 21.2 Å². The number of fused-ring (bicyclic) bond motifs is 1. The molecule has 1 aliphatic rings. The summed E-state index contributed by atoms with van der Waals surface area (Å²) in [5, 5.41) is 2.67. The lowest BCUT2D eigenvalue weighted by Crippen LogP contribution is -2.41. The molecule has 0 unspecified atom stereocenters. The molecule has 24 heavy (non-hydrogen) atoms. The number of aryl methyl sites for hydroxylation is 1. The van der Waals surface area contributed by atoms with Crippen LogP contribution >= 0.6 is 0 Å². The van der Waals surface area contributed by atoms with Gasteiger partial charge in [-0.3, -0.25) is 20.0 Å². The van der Waals surface area contributed by atoms with Gasteiger partial charge in [0.1, 0.15) is 5.69 Å². The monoisotopic (exact) mass is 347 g/mol. The van der Waals surface area contributed by atoms with Gasteiger partial charge in [-0.05, 0) is 30.2 Å². The molecule has 1 aromatic carbocycles. The summed E-state index contributed by atoms with van der Waals surface area (Å²) in [6.45, 7) is 0. The summed E-state index contributed by atoms with van der Waals surface area (Å²) in [6.07, 6.45) is 4.68. The van der Waals surface area contributed by atoms with Crippen molar-refractivity contribution in [1.82, 2.24) is 20.2 Å². The molecular formula is C14H13N5O4S. The Morgan fingerprint density at radius 1 is 1.21 bits per heavy atom. The lowest BCUT2D eigenvalue weighted by atomic mass is 10.0. The highest BCUT2D eigenvalue weighted by Crippen LogP contribution is 2.25. The van der Waals surface area contributed by atoms with Crippen LogP contribution < -0.4 is 15.6 Å². The highest BCUT2D eigenvalue weighted by atomic mass is 32.2. The molecule has 0 radical (unpaired) electrons. The van der Waals surface area contributed by atoms with E-state index in [1.54, 1.807) is 0 Å². The van der Waals surface area contributed by atoms with Crippen LogP contribution in [0.4, 0.5) is 5.69 Å². The number of benzene rings is 1. The van der Waals surface area contributed by atoms with Gasteiger partial charge in [0.05, 0.1) is 11.1 Å². The first-order chi connectivity index (χ1) is 11.5. The molecule has 1 aromatic heterocycles. The Bertz CT molecular complexity index is 899. The maximum atomic E-state index is 12.3. The summed E-state index contributed by atoms with van der Waals surface area (Å²) < 4.78 is 24.5. The number of hydrogen-bond acceptors (Lipinski definition) is 6. The normalized spacial score (nSPS) is 13.8. The molecule has 3 rings (SSSR count). The first kappa shape index (κ1) is 16.0. The number of hydrazine groups is 1. The summed E-state index contributed by atoms with van der Waals surface area (Å²) in [5.74, 6) is -0.829. The van der Waals surface area contributed by atoms with Crippen LogP contribution in [0.2, 0.25) is 0 Å². The second kappa shape index (κ2) is 6.34. The van der Waals surface area contributed by atoms with Crippen molar-refractivity contribution in [2.75, 3.05) is 5.32 Å². The van der Waals surface area contributed by atoms with E-state index in [1.165, 1.54) is 36.8 Å². The van der Waals surface area contributed by atoms with E-state index in [0.717, 1.165) is 5.56 Å². The highest BCUT2D eigenvalue weighted by Gasteiger charge is 2.20. The molecule has 0 fully saturated rings. The number of sulfonamides is 1. The standard InChI is InChI=1S/C14H13N5O4S/c20-13-4-1-9-7-10(2-3-11(9)17-13)24(22,23)19-18-14(21)12-8-15-5-6-16-12/h2-3,5-8,19H,1,4H2,(H,17,20)(H,18,21). The topological polar surface area (TPSA) is 130 Å². The maximum Gasteiger partial charge on any atom is 0.286 e. The fourth-order valence-electron chi connectivity index (χ4n) is 2.18. The molecule has 2 amide bonds. The molecule has 2 aromatic rings. The summed E-state index contributed by atoms with van der Waals surface area (Å²) in [6, 6.07) is 4.33. The van der Waals surface area contributed by atoms with Crippen LogP contribution in [0.1, 0.15) is 22.5 Å². The minimum atomic E-state index is -3.95. The van der Waals surface area contributed by atoms with Crippen LogP contribution in [0, 0.1) is 0 Å². The second-order valence-electron chi connectivity index (χ2n) is 5.02. The second-order valence-corrected chi connectivity index (χ2v) is 6.70. The first-order valence-electron chi connectivity index (χ1n) is 6.97. The fraction of sp³-hybridized carbons (Fsp3) is 0.143. The van der Waals surface area contributed by atoms with Gasteiger partial charge in [-0.15, -0.1) is 4.83 Å². The SMILES string of the molecule is O=C1CCc2cc(S(=O)(=O)NNC(=O)c3cnccn3)ccc2N1. The zero-order valence-corrected chi connectivity index (χ0v) is 13.1. The minimum Gasteiger partial charge on any atom is -0.326 e. The molecule has 0 bridgehead atoms. The summed E-state index contributed by atoms with van der Waals surface area (Å²) in [5.41, 5.74) is 3.37. The van der Waals surface area contributed by atoms with Gasteiger partial charge in [0.15, 0.2) is 0 Å². The van der Waals surface area contributed by atoms with Crippen LogP contribution in [0.15, 0.2) is 41.7 Å². The van der Waals surface area contributed by atoms with Crippen LogP contribution in [-0.4, -0.2) is 30.2 Å². The molecule has 124 valence electrons. The Morgan fingerprint density at radius 3 is 2.79 bits per heavy atom. The van der Waals surface area contributed by atoms with Gasteiger partial charge in [0.25, 0.3) is 15.9 Å². The van der Waals surface area contributed by atoms with E-state index in [9.17, 15) is 18.0 Å². The van der Waals surface area contributed by atoms with Crippen molar-refractivity contribution in [3.63, 3.8) is 0 Å². The first-order valence-corrected chi connectivity index (χ1v) is 8.45. The van der Waals surface area contributed by atoms with Crippen molar-refractivity contribution in [3.05, 3.63) is 48.0 Å². The van der Waals surface area contributed by atoms with Gasteiger partial charge in [-0.25, -0.2) is 13.4 Å². The number of hydrogen-bond donors (Lipinski definition) is 3. The fourth-order valence-corrected chi connectivity index (χ4v) is 3.07. The van der Waals surface area contributed by atoms with Gasteiger partial charge in [0.2, 0.25) is 5.91 Å². The zero-order chi connectivity index (χ0) is 17.2. The van der Waals surface area contributed by atoms with E-state index >= 15 is 0 Å². The average Bonchev–Trinajstić information content (AvgIpc) is 2.60. The van der Waals surface area contributed by atoms with Crippen LogP contribution in [0.25, 0.3) is 0 Å². The number of nitrogens with zero attached hydrogens (tertiary/aromatic N) is 2. The van der Waals surface area contributed by atoms with E-state index in [0.29, 0.717) is 18.5 Å². The molecule has 10 heteroatoms. The largest absolute Gasteiger partial charge is 0.326 e. The maximum absolute atomic E-state index is 12.3. The highest BCUT2D eigenvalue weighted by molar-refractivity contribution is 7.89. The molecule has 1 aliphatic heterocycles. The van der Waals surface area contributed by atoms with Crippen molar-refractivity contribution in [1.29, 1.82) is 0 Å². The third-order valence-corrected chi connectivity index (χ3v) is 4.62. The predicted octanol–water partition coefficient (Wildman–Crippen LogP) is -0.0154. The molecule has 2 heterocycles. The zero-order valence-electron chi connectivity index (χ0n) is 12.3. The molecular weight excluding hydrogens is 334 g/mol. The van der Waals surface area contributed by atoms with E-state index in [4.69, 9.17) is 0 Å². The van der Waals surface area contributed by atoms with E-state index in [2.05, 4.69) is 20.7 Å². The van der Waals surface area contributed by atoms with Crippen molar-refractivity contribution < 1.29 is 18.0 Å². The number of nitrogens with one attached hydrogen (secondary N) is 3. The summed E-state index contributed by atoms with van der Waals surface area (Å²) in [7, 11) is -3.95. The van der Waals surface area contributed by atoms with Crippen molar-refractivity contribution in [2.45, 2.75) is 17.7 Å². The quantitative estimate of drug-likeness (QED) is 0.667. The van der Waals surface area contributed by atoms with Crippen molar-refractivity contribution in [2.24, 2.45) is 0 Å². The van der Waals surface area contributed by atoms with Gasteiger partial charge in [0, 0.05) is 24.5 Å². The Labute approximate surface area is 137 Å². The van der Waals surface area contributed by atoms with Gasteiger partial charge >= 0.3 is 0 Å². The Balaban J connectivity index is 1.74. The van der Waals surface area contributed by atoms with E-state index in [1.807, 2.05) is 4.83 Å².